The molecule has 1 aromatic carbocycles. The van der Waals surface area contributed by atoms with E-state index >= 15 is 0 Å². The van der Waals surface area contributed by atoms with Crippen LogP contribution in [0.25, 0.3) is 0 Å². The van der Waals surface area contributed by atoms with Gasteiger partial charge in [0.2, 0.25) is 0 Å². The predicted octanol–water partition coefficient (Wildman–Crippen LogP) is 2.77. The van der Waals surface area contributed by atoms with Crippen molar-refractivity contribution in [3.8, 4) is 0 Å². The van der Waals surface area contributed by atoms with Crippen LogP contribution >= 0.6 is 0 Å². The third-order valence-electron chi connectivity index (χ3n) is 3.07. The quantitative estimate of drug-likeness (QED) is 0.661. The highest BCUT2D eigenvalue weighted by Crippen LogP contribution is 2.10. The molecule has 1 rings (SSSR count). The van der Waals surface area contributed by atoms with Gasteiger partial charge in [0.1, 0.15) is 0 Å². The fourth-order valence-electron chi connectivity index (χ4n) is 1.95. The summed E-state index contributed by atoms with van der Waals surface area (Å²) in [4.78, 5) is 10.5. The monoisotopic (exact) mass is 249 g/mol. The van der Waals surface area contributed by atoms with Crippen LogP contribution < -0.4 is 5.73 Å². The van der Waals surface area contributed by atoms with Gasteiger partial charge in [-0.15, -0.1) is 0 Å². The zero-order valence-corrected chi connectivity index (χ0v) is 10.9. The van der Waals surface area contributed by atoms with Crippen molar-refractivity contribution in [1.82, 2.24) is 0 Å². The Kier molecular flexibility index (Phi) is 7.11. The molecule has 0 saturated heterocycles. The minimum Gasteiger partial charge on any atom is -0.481 e. The first-order valence-corrected chi connectivity index (χ1v) is 6.72. The average molecular weight is 249 g/mol. The Labute approximate surface area is 109 Å². The van der Waals surface area contributed by atoms with Crippen LogP contribution in [0.3, 0.4) is 0 Å². The molecule has 18 heavy (non-hydrogen) atoms. The molecule has 1 aromatic rings. The molecule has 3 heteroatoms. The molecule has 0 atom stereocenters. The summed E-state index contributed by atoms with van der Waals surface area (Å²) in [6, 6.07) is 8.30. The van der Waals surface area contributed by atoms with Gasteiger partial charge >= 0.3 is 5.97 Å². The van der Waals surface area contributed by atoms with Gasteiger partial charge in [-0.1, -0.05) is 37.1 Å². The predicted molar refractivity (Wildman–Crippen MR) is 73.6 cm³/mol. The lowest BCUT2D eigenvalue weighted by atomic mass is 10.0. The fourth-order valence-corrected chi connectivity index (χ4v) is 1.95. The number of hydrogen-bond acceptors (Lipinski definition) is 2. The normalized spacial score (nSPS) is 10.5. The van der Waals surface area contributed by atoms with Crippen molar-refractivity contribution in [2.24, 2.45) is 5.73 Å². The summed E-state index contributed by atoms with van der Waals surface area (Å²) in [6.45, 7) is 0.790. The molecular formula is C15H23NO2. The lowest BCUT2D eigenvalue weighted by Crippen LogP contribution is -1.98. The number of aliphatic carboxylic acids is 1. The summed E-state index contributed by atoms with van der Waals surface area (Å²) < 4.78 is 0. The van der Waals surface area contributed by atoms with Crippen molar-refractivity contribution in [1.29, 1.82) is 0 Å². The Morgan fingerprint density at radius 1 is 0.944 bits per heavy atom. The lowest BCUT2D eigenvalue weighted by molar-refractivity contribution is -0.136. The fraction of sp³-hybridized carbons (Fsp3) is 0.533. The highest BCUT2D eigenvalue weighted by molar-refractivity contribution is 5.67. The first kappa shape index (κ1) is 14.7. The summed E-state index contributed by atoms with van der Waals surface area (Å²) in [5.74, 6) is -0.737. The van der Waals surface area contributed by atoms with Crippen LogP contribution in [0.4, 0.5) is 0 Å². The molecule has 0 amide bonds. The smallest absolute Gasteiger partial charge is 0.303 e. The molecule has 0 fully saturated rings. The van der Waals surface area contributed by atoms with E-state index in [1.807, 2.05) is 12.1 Å². The van der Waals surface area contributed by atoms with Crippen molar-refractivity contribution < 1.29 is 9.90 Å². The second-order valence-electron chi connectivity index (χ2n) is 4.66. The molecule has 3 N–H and O–H groups in total. The highest BCUT2D eigenvalue weighted by atomic mass is 16.4. The van der Waals surface area contributed by atoms with Crippen LogP contribution in [0.2, 0.25) is 0 Å². The Morgan fingerprint density at radius 2 is 1.50 bits per heavy atom. The van der Waals surface area contributed by atoms with Gasteiger partial charge in [-0.3, -0.25) is 4.79 Å². The van der Waals surface area contributed by atoms with Crippen LogP contribution in [-0.2, 0) is 17.6 Å². The molecular weight excluding hydrogens is 226 g/mol. The summed E-state index contributed by atoms with van der Waals surface area (Å²) in [5, 5.41) is 8.61. The number of unbranched alkanes of at least 4 members (excludes halogenated alkanes) is 3. The van der Waals surface area contributed by atoms with Crippen LogP contribution in [0.15, 0.2) is 24.3 Å². The zero-order valence-electron chi connectivity index (χ0n) is 10.9. The Balaban J connectivity index is 2.25. The zero-order chi connectivity index (χ0) is 13.2. The van der Waals surface area contributed by atoms with Gasteiger partial charge in [-0.25, -0.2) is 0 Å². The molecule has 0 spiro atoms. The first-order chi connectivity index (χ1) is 8.72. The molecule has 0 aliphatic carbocycles. The van der Waals surface area contributed by atoms with E-state index in [1.165, 1.54) is 24.8 Å². The number of rotatable bonds is 9. The summed E-state index contributed by atoms with van der Waals surface area (Å²) >= 11 is 0. The van der Waals surface area contributed by atoms with Gasteiger partial charge < -0.3 is 10.8 Å². The van der Waals surface area contributed by atoms with E-state index in [2.05, 4.69) is 12.1 Å². The molecule has 0 unspecified atom stereocenters. The van der Waals surface area contributed by atoms with Crippen LogP contribution in [0.1, 0.15) is 43.2 Å². The topological polar surface area (TPSA) is 63.3 Å². The van der Waals surface area contributed by atoms with Gasteiger partial charge in [0, 0.05) is 6.42 Å². The number of carboxylic acids is 1. The molecule has 0 radical (unpaired) electrons. The van der Waals surface area contributed by atoms with Gasteiger partial charge in [0.15, 0.2) is 0 Å². The molecule has 0 saturated carbocycles. The summed E-state index contributed by atoms with van der Waals surface area (Å²) in [5.41, 5.74) is 7.88. The molecule has 0 aromatic heterocycles. The van der Waals surface area contributed by atoms with E-state index in [4.69, 9.17) is 10.8 Å². The number of carbonyl (C=O) groups is 1. The average Bonchev–Trinajstić information content (AvgIpc) is 2.37. The highest BCUT2D eigenvalue weighted by Gasteiger charge is 1.99. The van der Waals surface area contributed by atoms with Crippen molar-refractivity contribution in [3.63, 3.8) is 0 Å². The molecule has 0 bridgehead atoms. The number of carboxylic acid groups (broad SMARTS) is 1. The SMILES string of the molecule is NCCCCCCc1ccc(CCC(=O)O)cc1. The maximum absolute atomic E-state index is 10.5. The maximum atomic E-state index is 10.5. The minimum atomic E-state index is -0.737. The lowest BCUT2D eigenvalue weighted by Gasteiger charge is -2.03. The number of nitrogens with two attached hydrogens (primary N) is 1. The van der Waals surface area contributed by atoms with Gasteiger partial charge in [0.05, 0.1) is 0 Å². The number of hydrogen-bond donors (Lipinski definition) is 2. The molecule has 100 valence electrons. The third kappa shape index (κ3) is 6.40. The van der Waals surface area contributed by atoms with E-state index in [9.17, 15) is 4.79 Å². The third-order valence-corrected chi connectivity index (χ3v) is 3.07. The van der Waals surface area contributed by atoms with Crippen molar-refractivity contribution in [3.05, 3.63) is 35.4 Å². The van der Waals surface area contributed by atoms with Gasteiger partial charge in [0.25, 0.3) is 0 Å². The van der Waals surface area contributed by atoms with Gasteiger partial charge in [-0.2, -0.15) is 0 Å². The minimum absolute atomic E-state index is 0.207. The number of aryl methyl sites for hydroxylation is 2. The largest absolute Gasteiger partial charge is 0.481 e. The van der Waals surface area contributed by atoms with Crippen molar-refractivity contribution >= 4 is 5.97 Å². The van der Waals surface area contributed by atoms with Crippen LogP contribution in [0.5, 0.6) is 0 Å². The number of benzene rings is 1. The van der Waals surface area contributed by atoms with Gasteiger partial charge in [-0.05, 0) is 43.4 Å². The Bertz CT molecular complexity index is 346. The van der Waals surface area contributed by atoms with Crippen LogP contribution in [-0.4, -0.2) is 17.6 Å². The molecule has 3 nitrogen and oxygen atoms in total. The van der Waals surface area contributed by atoms with E-state index in [0.717, 1.165) is 24.9 Å². The Morgan fingerprint density at radius 3 is 2.06 bits per heavy atom. The van der Waals surface area contributed by atoms with Crippen molar-refractivity contribution in [2.75, 3.05) is 6.54 Å². The molecule has 0 heterocycles. The van der Waals surface area contributed by atoms with Crippen molar-refractivity contribution in [2.45, 2.75) is 44.9 Å². The molecule has 0 aliphatic heterocycles. The standard InChI is InChI=1S/C15H23NO2/c16-12-4-2-1-3-5-13-6-8-14(9-7-13)10-11-15(17)18/h6-9H,1-5,10-12,16H2,(H,17,18). The second kappa shape index (κ2) is 8.70. The first-order valence-electron chi connectivity index (χ1n) is 6.72. The van der Waals surface area contributed by atoms with E-state index in [1.54, 1.807) is 0 Å². The summed E-state index contributed by atoms with van der Waals surface area (Å²) in [7, 11) is 0. The second-order valence-corrected chi connectivity index (χ2v) is 4.66. The summed E-state index contributed by atoms with van der Waals surface area (Å²) in [6.07, 6.45) is 6.70. The van der Waals surface area contributed by atoms with E-state index in [0.29, 0.717) is 6.42 Å². The maximum Gasteiger partial charge on any atom is 0.303 e. The molecule has 0 aliphatic rings. The van der Waals surface area contributed by atoms with E-state index in [-0.39, 0.29) is 6.42 Å². The Hall–Kier alpha value is -1.35. The van der Waals surface area contributed by atoms with E-state index < -0.39 is 5.97 Å². The van der Waals surface area contributed by atoms with Crippen LogP contribution in [0, 0.1) is 0 Å².